The van der Waals surface area contributed by atoms with Crippen LogP contribution in [-0.2, 0) is 16.7 Å². The van der Waals surface area contributed by atoms with E-state index in [1.807, 2.05) is 12.1 Å². The Morgan fingerprint density at radius 3 is 2.97 bits per heavy atom. The van der Waals surface area contributed by atoms with Gasteiger partial charge in [0.1, 0.15) is 17.1 Å². The fourth-order valence-electron chi connectivity index (χ4n) is 4.77. The van der Waals surface area contributed by atoms with Crippen molar-refractivity contribution in [1.82, 2.24) is 4.90 Å². The van der Waals surface area contributed by atoms with E-state index in [-0.39, 0.29) is 23.6 Å². The molecule has 0 saturated heterocycles. The van der Waals surface area contributed by atoms with Crippen molar-refractivity contribution in [2.45, 2.75) is 37.0 Å². The molecule has 0 radical (unpaired) electrons. The maximum Gasteiger partial charge on any atom is 0.348 e. The fourth-order valence-corrected chi connectivity index (χ4v) is 5.70. The number of hydrogen-bond donors (Lipinski definition) is 0. The molecule has 0 bridgehead atoms. The van der Waals surface area contributed by atoms with Gasteiger partial charge in [-0.15, -0.1) is 11.3 Å². The number of halogens is 1. The molecule has 3 heterocycles. The van der Waals surface area contributed by atoms with E-state index >= 15 is 0 Å². The number of thiophene rings is 1. The molecule has 2 aliphatic heterocycles. The Kier molecular flexibility index (Phi) is 4.61. The molecular weight excluding hydrogens is 410 g/mol. The Hall–Kier alpha value is -2.02. The van der Waals surface area contributed by atoms with Gasteiger partial charge >= 0.3 is 5.97 Å². The molecule has 29 heavy (non-hydrogen) atoms. The highest BCUT2D eigenvalue weighted by molar-refractivity contribution is 7.17. The summed E-state index contributed by atoms with van der Waals surface area (Å²) in [5.41, 5.74) is 2.30. The molecule has 3 aliphatic rings. The standard InChI is InChI=1S/C22H22ClNO4S/c1-24-10-9-22-8-7-14(27-21(25)16-5-6-18(23)29-16)11-17(22)28-20-15(26-2)4-3-13(12-24)19(20)22/h3-8,14,17H,9-12H2,1-2H3/t14-,17?,22-/m0/s1. The van der Waals surface area contributed by atoms with Gasteiger partial charge in [0.25, 0.3) is 0 Å². The smallest absolute Gasteiger partial charge is 0.348 e. The molecule has 152 valence electrons. The number of hydrogen-bond acceptors (Lipinski definition) is 6. The maximum absolute atomic E-state index is 12.5. The van der Waals surface area contributed by atoms with Gasteiger partial charge in [0.05, 0.1) is 16.9 Å². The molecule has 1 aromatic carbocycles. The predicted octanol–water partition coefficient (Wildman–Crippen LogP) is 4.43. The number of benzene rings is 1. The summed E-state index contributed by atoms with van der Waals surface area (Å²) in [5.74, 6) is 1.26. The Balaban J connectivity index is 1.48. The Labute approximate surface area is 178 Å². The van der Waals surface area contributed by atoms with Crippen molar-refractivity contribution in [3.63, 3.8) is 0 Å². The van der Waals surface area contributed by atoms with Crippen molar-refractivity contribution in [2.24, 2.45) is 0 Å². The molecule has 7 heteroatoms. The number of carbonyl (C=O) groups excluding carboxylic acids is 1. The van der Waals surface area contributed by atoms with E-state index in [1.54, 1.807) is 19.2 Å². The predicted molar refractivity (Wildman–Crippen MR) is 112 cm³/mol. The van der Waals surface area contributed by atoms with Crippen molar-refractivity contribution >= 4 is 28.9 Å². The normalized spacial score (nSPS) is 27.6. The minimum absolute atomic E-state index is 0.0891. The van der Waals surface area contributed by atoms with Gasteiger partial charge in [-0.2, -0.15) is 0 Å². The highest BCUT2D eigenvalue weighted by Crippen LogP contribution is 2.55. The largest absolute Gasteiger partial charge is 0.493 e. The number of rotatable bonds is 3. The molecular formula is C22H22ClNO4S. The zero-order chi connectivity index (χ0) is 20.2. The van der Waals surface area contributed by atoms with E-state index in [0.717, 1.165) is 31.0 Å². The summed E-state index contributed by atoms with van der Waals surface area (Å²) in [7, 11) is 3.82. The lowest BCUT2D eigenvalue weighted by Crippen LogP contribution is -2.43. The van der Waals surface area contributed by atoms with Crippen LogP contribution in [0.5, 0.6) is 11.5 Å². The molecule has 0 N–H and O–H groups in total. The van der Waals surface area contributed by atoms with Crippen molar-refractivity contribution in [3.8, 4) is 11.5 Å². The average Bonchev–Trinajstić information content (AvgIpc) is 3.24. The van der Waals surface area contributed by atoms with Gasteiger partial charge in [-0.3, -0.25) is 0 Å². The monoisotopic (exact) mass is 431 g/mol. The van der Waals surface area contributed by atoms with Crippen LogP contribution in [0.2, 0.25) is 4.34 Å². The zero-order valence-corrected chi connectivity index (χ0v) is 17.9. The molecule has 1 aliphatic carbocycles. The van der Waals surface area contributed by atoms with E-state index in [0.29, 0.717) is 15.6 Å². The van der Waals surface area contributed by atoms with Crippen molar-refractivity contribution in [2.75, 3.05) is 20.7 Å². The van der Waals surface area contributed by atoms with Crippen LogP contribution in [0.3, 0.4) is 0 Å². The van der Waals surface area contributed by atoms with Gasteiger partial charge in [0.2, 0.25) is 0 Å². The first-order valence-electron chi connectivity index (χ1n) is 9.71. The summed E-state index contributed by atoms with van der Waals surface area (Å²) in [5, 5.41) is 0. The van der Waals surface area contributed by atoms with Gasteiger partial charge in [-0.25, -0.2) is 4.79 Å². The molecule has 0 fully saturated rings. The number of nitrogens with zero attached hydrogens (tertiary/aromatic N) is 1. The third-order valence-electron chi connectivity index (χ3n) is 6.16. The van der Waals surface area contributed by atoms with Gasteiger partial charge < -0.3 is 19.1 Å². The highest BCUT2D eigenvalue weighted by atomic mass is 35.5. The van der Waals surface area contributed by atoms with Crippen molar-refractivity contribution in [1.29, 1.82) is 0 Å². The van der Waals surface area contributed by atoms with Crippen molar-refractivity contribution in [3.05, 3.63) is 56.8 Å². The van der Waals surface area contributed by atoms with E-state index < -0.39 is 0 Å². The van der Waals surface area contributed by atoms with E-state index in [4.69, 9.17) is 25.8 Å². The second kappa shape index (κ2) is 7.04. The van der Waals surface area contributed by atoms with Gasteiger partial charge in [0, 0.05) is 18.5 Å². The average molecular weight is 432 g/mol. The van der Waals surface area contributed by atoms with Crippen LogP contribution in [0.1, 0.15) is 33.6 Å². The first-order chi connectivity index (χ1) is 14.0. The molecule has 0 amide bonds. The van der Waals surface area contributed by atoms with Crippen LogP contribution >= 0.6 is 22.9 Å². The first kappa shape index (κ1) is 19.0. The summed E-state index contributed by atoms with van der Waals surface area (Å²) < 4.78 is 18.4. The minimum atomic E-state index is -0.345. The van der Waals surface area contributed by atoms with Crippen LogP contribution in [0.15, 0.2) is 36.4 Å². The lowest BCUT2D eigenvalue weighted by atomic mass is 9.69. The van der Waals surface area contributed by atoms with Gasteiger partial charge in [-0.1, -0.05) is 23.7 Å². The van der Waals surface area contributed by atoms with Gasteiger partial charge in [-0.05, 0) is 49.9 Å². The second-order valence-corrected chi connectivity index (χ2v) is 9.62. The third-order valence-corrected chi connectivity index (χ3v) is 7.37. The lowest BCUT2D eigenvalue weighted by molar-refractivity contribution is 0.0223. The number of ether oxygens (including phenoxy) is 3. The van der Waals surface area contributed by atoms with Crippen LogP contribution in [0, 0.1) is 0 Å². The molecule has 3 atom stereocenters. The third kappa shape index (κ3) is 3.05. The maximum atomic E-state index is 12.5. The SMILES string of the molecule is COc1ccc2c3c1OC1C[C@@H](OC(=O)c4ccc(Cl)s4)C=C[C@@]31CCN(C)C2. The molecule has 1 spiro atoms. The highest BCUT2D eigenvalue weighted by Gasteiger charge is 2.53. The fraction of sp³-hybridized carbons (Fsp3) is 0.409. The summed E-state index contributed by atoms with van der Waals surface area (Å²) in [6, 6.07) is 7.54. The van der Waals surface area contributed by atoms with Crippen LogP contribution < -0.4 is 9.47 Å². The molecule has 0 saturated carbocycles. The lowest BCUT2D eigenvalue weighted by Gasteiger charge is -2.36. The Bertz CT molecular complexity index is 1000. The van der Waals surface area contributed by atoms with Crippen molar-refractivity contribution < 1.29 is 19.0 Å². The quantitative estimate of drug-likeness (QED) is 0.531. The topological polar surface area (TPSA) is 48.0 Å². The Morgan fingerprint density at radius 1 is 1.34 bits per heavy atom. The summed E-state index contributed by atoms with van der Waals surface area (Å²) in [6.45, 7) is 1.86. The number of esters is 1. The van der Waals surface area contributed by atoms with Gasteiger partial charge in [0.15, 0.2) is 11.5 Å². The zero-order valence-electron chi connectivity index (χ0n) is 16.3. The molecule has 1 aromatic heterocycles. The van der Waals surface area contributed by atoms with E-state index in [2.05, 4.69) is 24.1 Å². The summed E-state index contributed by atoms with van der Waals surface area (Å²) >= 11 is 7.18. The number of carbonyl (C=O) groups is 1. The molecule has 2 aromatic rings. The first-order valence-corrected chi connectivity index (χ1v) is 10.9. The van der Waals surface area contributed by atoms with Crippen LogP contribution in [0.25, 0.3) is 0 Å². The molecule has 5 rings (SSSR count). The summed E-state index contributed by atoms with van der Waals surface area (Å²) in [6.07, 6.45) is 5.38. The van der Waals surface area contributed by atoms with Crippen LogP contribution in [0.4, 0.5) is 0 Å². The molecule has 1 unspecified atom stereocenters. The second-order valence-electron chi connectivity index (χ2n) is 7.91. The minimum Gasteiger partial charge on any atom is -0.493 e. The van der Waals surface area contributed by atoms with E-state index in [9.17, 15) is 4.79 Å². The molecule has 5 nitrogen and oxygen atoms in total. The van der Waals surface area contributed by atoms with Crippen LogP contribution in [-0.4, -0.2) is 43.8 Å². The summed E-state index contributed by atoms with van der Waals surface area (Å²) in [4.78, 5) is 15.3. The number of methoxy groups -OCH3 is 1. The van der Waals surface area contributed by atoms with E-state index in [1.165, 1.54) is 22.5 Å². The Morgan fingerprint density at radius 2 is 2.21 bits per heavy atom.